The Hall–Kier alpha value is -3.35. The third-order valence-electron chi connectivity index (χ3n) is 6.00. The minimum Gasteiger partial charge on any atom is -0.497 e. The molecule has 1 unspecified atom stereocenters. The summed E-state index contributed by atoms with van der Waals surface area (Å²) >= 11 is 0. The molecule has 2 aliphatic heterocycles. The average Bonchev–Trinajstić information content (AvgIpc) is 3.13. The standard InChI is InChI=1S/C22H23N3O4/c1-23-17-12-20(29-4)19(28-3)11-15(17)22(26)25-8-7-24-16-6-5-14(27-2)9-13(16)10-18(24)21(23)25/h5-6,9-12,21H,7-8H2,1-4H3. The smallest absolute Gasteiger partial charge is 0.258 e. The highest BCUT2D eigenvalue weighted by molar-refractivity contribution is 6.03. The van der Waals surface area contributed by atoms with Crippen molar-refractivity contribution in [2.45, 2.75) is 12.7 Å². The summed E-state index contributed by atoms with van der Waals surface area (Å²) in [7, 11) is 6.87. The minimum atomic E-state index is -0.180. The lowest BCUT2D eigenvalue weighted by Crippen LogP contribution is -2.52. The summed E-state index contributed by atoms with van der Waals surface area (Å²) in [4.78, 5) is 17.4. The summed E-state index contributed by atoms with van der Waals surface area (Å²) in [5, 5.41) is 1.11. The molecule has 29 heavy (non-hydrogen) atoms. The van der Waals surface area contributed by atoms with Crippen LogP contribution in [0, 0.1) is 0 Å². The van der Waals surface area contributed by atoms with Gasteiger partial charge in [-0.3, -0.25) is 4.79 Å². The van der Waals surface area contributed by atoms with E-state index in [-0.39, 0.29) is 12.1 Å². The van der Waals surface area contributed by atoms with Gasteiger partial charge in [-0.15, -0.1) is 0 Å². The SMILES string of the molecule is COc1ccc2c(c1)cc1n2CCN2C(=O)c3cc(OC)c(OC)cc3N(C)C12. The number of hydrogen-bond acceptors (Lipinski definition) is 5. The number of rotatable bonds is 3. The van der Waals surface area contributed by atoms with E-state index in [1.165, 1.54) is 0 Å². The molecule has 0 N–H and O–H groups in total. The molecule has 0 saturated carbocycles. The largest absolute Gasteiger partial charge is 0.497 e. The van der Waals surface area contributed by atoms with Crippen LogP contribution in [-0.4, -0.2) is 50.3 Å². The van der Waals surface area contributed by atoms with Crippen molar-refractivity contribution in [3.8, 4) is 17.2 Å². The molecule has 3 heterocycles. The zero-order valence-corrected chi connectivity index (χ0v) is 16.9. The lowest BCUT2D eigenvalue weighted by molar-refractivity contribution is 0.0601. The molecule has 3 aromatic rings. The summed E-state index contributed by atoms with van der Waals surface area (Å²) in [5.41, 5.74) is 3.72. The third-order valence-corrected chi connectivity index (χ3v) is 6.00. The van der Waals surface area contributed by atoms with Gasteiger partial charge in [0, 0.05) is 37.1 Å². The molecule has 0 spiro atoms. The topological polar surface area (TPSA) is 56.2 Å². The second-order valence-electron chi connectivity index (χ2n) is 7.35. The van der Waals surface area contributed by atoms with Gasteiger partial charge in [0.1, 0.15) is 11.9 Å². The molecule has 0 aliphatic carbocycles. The highest BCUT2D eigenvalue weighted by atomic mass is 16.5. The average molecular weight is 393 g/mol. The summed E-state index contributed by atoms with van der Waals surface area (Å²) in [5.74, 6) is 2.01. The molecule has 7 heteroatoms. The maximum Gasteiger partial charge on any atom is 0.258 e. The van der Waals surface area contributed by atoms with Crippen LogP contribution in [-0.2, 0) is 6.54 Å². The number of fused-ring (bicyclic) bond motifs is 6. The van der Waals surface area contributed by atoms with Gasteiger partial charge in [-0.1, -0.05) is 0 Å². The van der Waals surface area contributed by atoms with Crippen molar-refractivity contribution >= 4 is 22.5 Å². The predicted octanol–water partition coefficient (Wildman–Crippen LogP) is 3.27. The second kappa shape index (κ2) is 6.34. The van der Waals surface area contributed by atoms with E-state index in [4.69, 9.17) is 14.2 Å². The van der Waals surface area contributed by atoms with Crippen LogP contribution in [0.5, 0.6) is 17.2 Å². The first-order valence-corrected chi connectivity index (χ1v) is 9.54. The normalized spacial score (nSPS) is 17.7. The minimum absolute atomic E-state index is 0.0122. The van der Waals surface area contributed by atoms with Crippen molar-refractivity contribution in [1.82, 2.24) is 9.47 Å². The van der Waals surface area contributed by atoms with Crippen molar-refractivity contribution in [2.24, 2.45) is 0 Å². The summed E-state index contributed by atoms with van der Waals surface area (Å²) < 4.78 is 18.6. The van der Waals surface area contributed by atoms with E-state index >= 15 is 0 Å². The molecule has 150 valence electrons. The Morgan fingerprint density at radius 3 is 2.41 bits per heavy atom. The van der Waals surface area contributed by atoms with Gasteiger partial charge < -0.3 is 28.6 Å². The van der Waals surface area contributed by atoms with E-state index in [9.17, 15) is 4.79 Å². The van der Waals surface area contributed by atoms with Gasteiger partial charge in [0.25, 0.3) is 5.91 Å². The van der Waals surface area contributed by atoms with Crippen LogP contribution in [0.15, 0.2) is 36.4 Å². The third kappa shape index (κ3) is 2.40. The molecule has 2 aromatic carbocycles. The Kier molecular flexibility index (Phi) is 3.87. The number of ether oxygens (including phenoxy) is 3. The number of amides is 1. The Morgan fingerprint density at radius 1 is 0.931 bits per heavy atom. The van der Waals surface area contributed by atoms with Crippen LogP contribution in [0.1, 0.15) is 22.2 Å². The maximum atomic E-state index is 13.4. The fourth-order valence-corrected chi connectivity index (χ4v) is 4.59. The number of carbonyl (C=O) groups is 1. The number of nitrogens with zero attached hydrogens (tertiary/aromatic N) is 3. The number of hydrogen-bond donors (Lipinski definition) is 0. The van der Waals surface area contributed by atoms with E-state index in [1.54, 1.807) is 27.4 Å². The molecule has 2 aliphatic rings. The van der Waals surface area contributed by atoms with E-state index in [2.05, 4.69) is 21.6 Å². The van der Waals surface area contributed by atoms with Gasteiger partial charge in [0.15, 0.2) is 11.5 Å². The van der Waals surface area contributed by atoms with Gasteiger partial charge in [-0.05, 0) is 30.3 Å². The van der Waals surface area contributed by atoms with Crippen molar-refractivity contribution in [1.29, 1.82) is 0 Å². The number of benzene rings is 2. The van der Waals surface area contributed by atoms with E-state index in [0.29, 0.717) is 23.6 Å². The summed E-state index contributed by atoms with van der Waals surface area (Å²) in [6.07, 6.45) is -0.180. The summed E-state index contributed by atoms with van der Waals surface area (Å²) in [6, 6.07) is 11.9. The molecule has 0 fully saturated rings. The molecule has 0 radical (unpaired) electrons. The number of anilines is 1. The maximum absolute atomic E-state index is 13.4. The lowest BCUT2D eigenvalue weighted by Gasteiger charge is -2.46. The quantitative estimate of drug-likeness (QED) is 0.684. The highest BCUT2D eigenvalue weighted by Gasteiger charge is 2.41. The highest BCUT2D eigenvalue weighted by Crippen LogP contribution is 2.45. The molecule has 7 nitrogen and oxygen atoms in total. The molecular formula is C22H23N3O4. The zero-order valence-electron chi connectivity index (χ0n) is 16.9. The molecule has 1 amide bonds. The van der Waals surface area contributed by atoms with E-state index in [0.717, 1.165) is 34.6 Å². The molecule has 1 atom stereocenters. The van der Waals surface area contributed by atoms with Crippen molar-refractivity contribution < 1.29 is 19.0 Å². The lowest BCUT2D eigenvalue weighted by atomic mass is 10.0. The van der Waals surface area contributed by atoms with Crippen molar-refractivity contribution in [2.75, 3.05) is 39.8 Å². The van der Waals surface area contributed by atoms with E-state index < -0.39 is 0 Å². The summed E-state index contributed by atoms with van der Waals surface area (Å²) in [6.45, 7) is 1.40. The van der Waals surface area contributed by atoms with Gasteiger partial charge in [0.2, 0.25) is 0 Å². The van der Waals surface area contributed by atoms with Crippen molar-refractivity contribution in [3.63, 3.8) is 0 Å². The fraction of sp³-hybridized carbons (Fsp3) is 0.318. The van der Waals surface area contributed by atoms with E-state index in [1.807, 2.05) is 30.1 Å². The monoisotopic (exact) mass is 393 g/mol. The molecule has 0 saturated heterocycles. The fourth-order valence-electron chi connectivity index (χ4n) is 4.59. The first-order chi connectivity index (χ1) is 14.1. The molecule has 5 rings (SSSR count). The Balaban J connectivity index is 1.68. The Bertz CT molecular complexity index is 1140. The number of aromatic nitrogens is 1. The molecule has 1 aromatic heterocycles. The van der Waals surface area contributed by atoms with Gasteiger partial charge in [-0.25, -0.2) is 0 Å². The Labute approximate surface area is 169 Å². The number of carbonyl (C=O) groups excluding carboxylic acids is 1. The second-order valence-corrected chi connectivity index (χ2v) is 7.35. The van der Waals surface area contributed by atoms with Crippen LogP contribution < -0.4 is 19.1 Å². The van der Waals surface area contributed by atoms with Gasteiger partial charge >= 0.3 is 0 Å². The van der Waals surface area contributed by atoms with Crippen LogP contribution >= 0.6 is 0 Å². The van der Waals surface area contributed by atoms with Crippen LogP contribution in [0.3, 0.4) is 0 Å². The Morgan fingerprint density at radius 2 is 1.69 bits per heavy atom. The van der Waals surface area contributed by atoms with Crippen molar-refractivity contribution in [3.05, 3.63) is 47.7 Å². The number of methoxy groups -OCH3 is 3. The predicted molar refractivity (Wildman–Crippen MR) is 110 cm³/mol. The van der Waals surface area contributed by atoms with Gasteiger partial charge in [0.05, 0.1) is 38.3 Å². The zero-order chi connectivity index (χ0) is 20.3. The first kappa shape index (κ1) is 17.7. The van der Waals surface area contributed by atoms with Gasteiger partial charge in [-0.2, -0.15) is 0 Å². The van der Waals surface area contributed by atoms with Crippen LogP contribution in [0.4, 0.5) is 5.69 Å². The molecular weight excluding hydrogens is 370 g/mol. The molecule has 0 bridgehead atoms. The van der Waals surface area contributed by atoms with Crippen LogP contribution in [0.2, 0.25) is 0 Å². The van der Waals surface area contributed by atoms with Crippen LogP contribution in [0.25, 0.3) is 10.9 Å². The first-order valence-electron chi connectivity index (χ1n) is 9.54.